The van der Waals surface area contributed by atoms with Crippen LogP contribution in [0.25, 0.3) is 0 Å². The van der Waals surface area contributed by atoms with E-state index < -0.39 is 67.5 Å². The minimum Gasteiger partial charge on any atom is -0.508 e. The highest BCUT2D eigenvalue weighted by molar-refractivity contribution is 5.26. The Balaban J connectivity index is 1.37. The molecule has 0 saturated carbocycles. The number of phenols is 2. The molecular weight excluding hydrogens is 564 g/mol. The summed E-state index contributed by atoms with van der Waals surface area (Å²) < 4.78 is 23.0. The first-order valence-electron chi connectivity index (χ1n) is 14.8. The Labute approximate surface area is 250 Å². The molecule has 0 amide bonds. The molecule has 4 rings (SSSR count). The smallest absolute Gasteiger partial charge is 0.186 e. The normalized spacial score (nSPS) is 33.7. The van der Waals surface area contributed by atoms with E-state index >= 15 is 0 Å². The summed E-state index contributed by atoms with van der Waals surface area (Å²) in [5.41, 5.74) is 2.07. The monoisotopic (exact) mass is 608 g/mol. The average molecular weight is 609 g/mol. The minimum absolute atomic E-state index is 0.164. The van der Waals surface area contributed by atoms with E-state index in [0.29, 0.717) is 19.3 Å². The van der Waals surface area contributed by atoms with Crippen LogP contribution in [0.3, 0.4) is 0 Å². The maximum atomic E-state index is 10.7. The number of hydrogen-bond acceptors (Lipinski definition) is 12. The van der Waals surface area contributed by atoms with Crippen molar-refractivity contribution in [1.82, 2.24) is 0 Å². The first-order valence-corrected chi connectivity index (χ1v) is 14.8. The molecule has 12 heteroatoms. The van der Waals surface area contributed by atoms with E-state index in [9.17, 15) is 40.9 Å². The number of aliphatic hydroxyl groups is 6. The summed E-state index contributed by atoms with van der Waals surface area (Å²) >= 11 is 0. The van der Waals surface area contributed by atoms with E-state index in [1.807, 2.05) is 24.3 Å². The van der Waals surface area contributed by atoms with Crippen LogP contribution in [0.15, 0.2) is 48.5 Å². The first kappa shape index (κ1) is 33.5. The van der Waals surface area contributed by atoms with Gasteiger partial charge in [0.05, 0.1) is 18.8 Å². The van der Waals surface area contributed by atoms with Crippen molar-refractivity contribution in [3.8, 4) is 11.5 Å². The fourth-order valence-corrected chi connectivity index (χ4v) is 5.33. The lowest BCUT2D eigenvalue weighted by atomic mass is 9.98. The molecule has 2 aliphatic heterocycles. The second-order valence-electron chi connectivity index (χ2n) is 11.4. The molecule has 2 heterocycles. The van der Waals surface area contributed by atoms with Gasteiger partial charge in [-0.2, -0.15) is 0 Å². The second kappa shape index (κ2) is 15.6. The van der Waals surface area contributed by atoms with Crippen molar-refractivity contribution in [2.45, 2.75) is 113 Å². The molecule has 0 aromatic heterocycles. The summed E-state index contributed by atoms with van der Waals surface area (Å²) in [4.78, 5) is 0. The number of aromatic hydroxyl groups is 2. The Morgan fingerprint density at radius 1 is 0.628 bits per heavy atom. The Kier molecular flexibility index (Phi) is 12.1. The number of rotatable bonds is 13. The zero-order valence-corrected chi connectivity index (χ0v) is 24.1. The predicted octanol–water partition coefficient (Wildman–Crippen LogP) is 0.480. The summed E-state index contributed by atoms with van der Waals surface area (Å²) in [5, 5.41) is 81.2. The highest BCUT2D eigenvalue weighted by Crippen LogP contribution is 2.28. The van der Waals surface area contributed by atoms with Gasteiger partial charge < -0.3 is 59.8 Å². The van der Waals surface area contributed by atoms with Crippen molar-refractivity contribution in [2.75, 3.05) is 6.61 Å². The zero-order valence-electron chi connectivity index (χ0n) is 24.1. The Hall–Kier alpha value is -2.36. The van der Waals surface area contributed by atoms with Crippen molar-refractivity contribution < 1.29 is 59.8 Å². The van der Waals surface area contributed by atoms with E-state index in [2.05, 4.69) is 0 Å². The van der Waals surface area contributed by atoms with Gasteiger partial charge in [-0.05, 0) is 74.4 Å². The van der Waals surface area contributed by atoms with Gasteiger partial charge >= 0.3 is 0 Å². The van der Waals surface area contributed by atoms with Crippen LogP contribution in [-0.2, 0) is 31.8 Å². The molecule has 0 bridgehead atoms. The summed E-state index contributed by atoms with van der Waals surface area (Å²) in [6.07, 6.45) is -9.83. The third kappa shape index (κ3) is 9.08. The SMILES string of the molecule is C[C@H]1O[C@@H](OC[C@@H]2O[C@@H](O[C@@H](CCCCc3ccc(O)cc3)CCc3ccc(O)cc3)[C@H](O)[C@@H](O)[C@@H]2O)[C@H](O)[C@H](O)[C@H]1O. The zero-order chi connectivity index (χ0) is 31.1. The standard InChI is InChI=1S/C31H44O12/c1-17-24(34)26(36)28(38)30(41-17)40-16-23-25(35)27(37)29(39)31(43-23)42-22(15-10-19-8-13-21(33)14-9-19)5-3-2-4-18-6-11-20(32)12-7-18/h6-9,11-14,17,22-39H,2-5,10,15-16H2,1H3/t17-,22+,23+,24+,25-,26-,27+,28-,29-,30-,31-/m1/s1. The van der Waals surface area contributed by atoms with Gasteiger partial charge in [0, 0.05) is 0 Å². The van der Waals surface area contributed by atoms with Crippen LogP contribution in [0.2, 0.25) is 0 Å². The third-order valence-electron chi connectivity index (χ3n) is 8.10. The molecule has 2 aliphatic rings. The van der Waals surface area contributed by atoms with Crippen LogP contribution in [0.4, 0.5) is 0 Å². The fraction of sp³-hybridized carbons (Fsp3) is 0.613. The maximum Gasteiger partial charge on any atom is 0.186 e. The van der Waals surface area contributed by atoms with Gasteiger partial charge in [0.1, 0.15) is 54.2 Å². The summed E-state index contributed by atoms with van der Waals surface area (Å²) in [7, 11) is 0. The van der Waals surface area contributed by atoms with Crippen LogP contribution in [-0.4, -0.2) is 115 Å². The van der Waals surface area contributed by atoms with Crippen LogP contribution in [0, 0.1) is 0 Å². The van der Waals surface area contributed by atoms with Gasteiger partial charge in [-0.25, -0.2) is 0 Å². The van der Waals surface area contributed by atoms with Crippen LogP contribution in [0.1, 0.15) is 43.7 Å². The number of hydrogen-bond donors (Lipinski definition) is 8. The molecule has 2 aromatic carbocycles. The molecule has 0 unspecified atom stereocenters. The molecule has 12 nitrogen and oxygen atoms in total. The fourth-order valence-electron chi connectivity index (χ4n) is 5.33. The van der Waals surface area contributed by atoms with Crippen molar-refractivity contribution in [3.63, 3.8) is 0 Å². The Bertz CT molecular complexity index is 1100. The van der Waals surface area contributed by atoms with Crippen LogP contribution in [0.5, 0.6) is 11.5 Å². The lowest BCUT2D eigenvalue weighted by molar-refractivity contribution is -0.333. The lowest BCUT2D eigenvalue weighted by Crippen LogP contribution is -2.61. The molecule has 43 heavy (non-hydrogen) atoms. The van der Waals surface area contributed by atoms with Gasteiger partial charge in [0.15, 0.2) is 12.6 Å². The largest absolute Gasteiger partial charge is 0.508 e. The lowest BCUT2D eigenvalue weighted by Gasteiger charge is -2.43. The first-order chi connectivity index (χ1) is 20.5. The van der Waals surface area contributed by atoms with Gasteiger partial charge in [-0.3, -0.25) is 0 Å². The van der Waals surface area contributed by atoms with Gasteiger partial charge in [0.2, 0.25) is 0 Å². The van der Waals surface area contributed by atoms with Crippen molar-refractivity contribution in [2.24, 2.45) is 0 Å². The summed E-state index contributed by atoms with van der Waals surface area (Å²) in [6, 6.07) is 13.9. The minimum atomic E-state index is -1.61. The van der Waals surface area contributed by atoms with E-state index in [0.717, 1.165) is 30.4 Å². The van der Waals surface area contributed by atoms with Crippen LogP contribution >= 0.6 is 0 Å². The molecule has 2 saturated heterocycles. The van der Waals surface area contributed by atoms with E-state index in [1.54, 1.807) is 24.3 Å². The number of benzene rings is 2. The van der Waals surface area contributed by atoms with Crippen molar-refractivity contribution >= 4 is 0 Å². The molecule has 0 spiro atoms. The van der Waals surface area contributed by atoms with Crippen molar-refractivity contribution in [1.29, 1.82) is 0 Å². The quantitative estimate of drug-likeness (QED) is 0.147. The molecule has 2 aromatic rings. The number of unbranched alkanes of at least 4 members (excludes halogenated alkanes) is 1. The molecule has 240 valence electrons. The second-order valence-corrected chi connectivity index (χ2v) is 11.4. The molecule has 0 radical (unpaired) electrons. The topological polar surface area (TPSA) is 199 Å². The van der Waals surface area contributed by atoms with Gasteiger partial charge in [0.25, 0.3) is 0 Å². The molecule has 2 fully saturated rings. The molecule has 11 atom stereocenters. The number of phenolic OH excluding ortho intramolecular Hbond substituents is 2. The van der Waals surface area contributed by atoms with E-state index in [4.69, 9.17) is 18.9 Å². The van der Waals surface area contributed by atoms with Crippen molar-refractivity contribution in [3.05, 3.63) is 59.7 Å². The number of aliphatic hydroxyl groups excluding tert-OH is 6. The summed E-state index contributed by atoms with van der Waals surface area (Å²) in [6.45, 7) is 1.14. The Morgan fingerprint density at radius 3 is 1.81 bits per heavy atom. The predicted molar refractivity (Wildman–Crippen MR) is 152 cm³/mol. The van der Waals surface area contributed by atoms with Gasteiger partial charge in [-0.1, -0.05) is 30.7 Å². The third-order valence-corrected chi connectivity index (χ3v) is 8.10. The van der Waals surface area contributed by atoms with Gasteiger partial charge in [-0.15, -0.1) is 0 Å². The Morgan fingerprint density at radius 2 is 1.19 bits per heavy atom. The molecular formula is C31H44O12. The van der Waals surface area contributed by atoms with E-state index in [1.165, 1.54) is 6.92 Å². The van der Waals surface area contributed by atoms with Crippen LogP contribution < -0.4 is 0 Å². The average Bonchev–Trinajstić information content (AvgIpc) is 3.00. The number of ether oxygens (including phenoxy) is 4. The number of aryl methyl sites for hydroxylation is 2. The molecule has 0 aliphatic carbocycles. The molecule has 8 N–H and O–H groups in total. The highest BCUT2D eigenvalue weighted by Gasteiger charge is 2.47. The highest BCUT2D eigenvalue weighted by atomic mass is 16.7. The maximum absolute atomic E-state index is 10.7. The summed E-state index contributed by atoms with van der Waals surface area (Å²) in [5.74, 6) is 0.374. The van der Waals surface area contributed by atoms with E-state index in [-0.39, 0.29) is 18.1 Å².